The Balaban J connectivity index is 2.39. The van der Waals surface area contributed by atoms with Crippen molar-refractivity contribution >= 4 is 27.5 Å². The number of phenolic OH excluding ortho intramolecular Hbond substituents is 1. The highest BCUT2D eigenvalue weighted by molar-refractivity contribution is 7.18. The molecule has 0 saturated heterocycles. The van der Waals surface area contributed by atoms with Gasteiger partial charge in [0.1, 0.15) is 16.3 Å². The Morgan fingerprint density at radius 3 is 3.07 bits per heavy atom. The maximum absolute atomic E-state index is 11.0. The maximum atomic E-state index is 11.0. The van der Waals surface area contributed by atoms with E-state index in [9.17, 15) is 9.90 Å². The van der Waals surface area contributed by atoms with Gasteiger partial charge in [-0.1, -0.05) is 6.07 Å². The molecule has 0 radical (unpaired) electrons. The molecule has 0 aliphatic rings. The van der Waals surface area contributed by atoms with Crippen LogP contribution in [0.1, 0.15) is 5.01 Å². The minimum Gasteiger partial charge on any atom is -0.506 e. The average molecular weight is 223 g/mol. The largest absolute Gasteiger partial charge is 0.506 e. The van der Waals surface area contributed by atoms with Gasteiger partial charge in [-0.2, -0.15) is 0 Å². The topological polar surface area (TPSA) is 59.4 Å². The fourth-order valence-corrected chi connectivity index (χ4v) is 2.23. The first-order valence-corrected chi connectivity index (χ1v) is 5.16. The monoisotopic (exact) mass is 223 g/mol. The lowest BCUT2D eigenvalue weighted by Crippen LogP contribution is -2.03. The fourth-order valence-electron chi connectivity index (χ4n) is 1.25. The van der Waals surface area contributed by atoms with Gasteiger partial charge >= 0.3 is 5.97 Å². The van der Waals surface area contributed by atoms with E-state index in [4.69, 9.17) is 0 Å². The van der Waals surface area contributed by atoms with Crippen molar-refractivity contribution in [3.05, 3.63) is 23.2 Å². The van der Waals surface area contributed by atoms with Crippen molar-refractivity contribution in [2.24, 2.45) is 0 Å². The van der Waals surface area contributed by atoms with Gasteiger partial charge in [0.05, 0.1) is 18.2 Å². The molecule has 0 aliphatic carbocycles. The molecule has 0 fully saturated rings. The molecule has 1 N–H and O–H groups in total. The average Bonchev–Trinajstić information content (AvgIpc) is 2.62. The summed E-state index contributed by atoms with van der Waals surface area (Å²) < 4.78 is 5.41. The number of aromatic nitrogens is 1. The van der Waals surface area contributed by atoms with E-state index in [0.717, 1.165) is 4.70 Å². The molecule has 2 aromatic rings. The molecule has 0 aliphatic heterocycles. The van der Waals surface area contributed by atoms with Crippen molar-refractivity contribution < 1.29 is 14.6 Å². The predicted molar refractivity (Wildman–Crippen MR) is 57.0 cm³/mol. The van der Waals surface area contributed by atoms with E-state index >= 15 is 0 Å². The van der Waals surface area contributed by atoms with Crippen LogP contribution in [-0.4, -0.2) is 23.2 Å². The molecule has 78 valence electrons. The van der Waals surface area contributed by atoms with Crippen molar-refractivity contribution in [3.63, 3.8) is 0 Å². The molecule has 1 heterocycles. The molecule has 0 saturated carbocycles. The Bertz CT molecular complexity index is 506. The quantitative estimate of drug-likeness (QED) is 0.787. The molecule has 1 aromatic heterocycles. The smallest absolute Gasteiger partial charge is 0.312 e. The number of hydrogen-bond acceptors (Lipinski definition) is 5. The number of hydrogen-bond donors (Lipinski definition) is 1. The summed E-state index contributed by atoms with van der Waals surface area (Å²) in [5.74, 6) is -0.187. The van der Waals surface area contributed by atoms with Gasteiger partial charge < -0.3 is 9.84 Å². The minimum absolute atomic E-state index is 0.139. The van der Waals surface area contributed by atoms with Crippen molar-refractivity contribution in [1.29, 1.82) is 0 Å². The molecular weight excluding hydrogens is 214 g/mol. The predicted octanol–water partition coefficient (Wildman–Crippen LogP) is 1.72. The number of nitrogens with zero attached hydrogens (tertiary/aromatic N) is 1. The van der Waals surface area contributed by atoms with Gasteiger partial charge in [-0.3, -0.25) is 4.79 Å². The molecule has 15 heavy (non-hydrogen) atoms. The fraction of sp³-hybridized carbons (Fsp3) is 0.200. The van der Waals surface area contributed by atoms with E-state index in [1.165, 1.54) is 18.4 Å². The molecular formula is C10H9NO3S. The number of esters is 1. The van der Waals surface area contributed by atoms with Crippen LogP contribution in [0.15, 0.2) is 18.2 Å². The third kappa shape index (κ3) is 1.92. The molecule has 0 atom stereocenters. The summed E-state index contributed by atoms with van der Waals surface area (Å²) in [5.41, 5.74) is 0.543. The van der Waals surface area contributed by atoms with Crippen LogP contribution < -0.4 is 0 Å². The second-order valence-electron chi connectivity index (χ2n) is 2.98. The Hall–Kier alpha value is -1.62. The SMILES string of the molecule is COC(=O)Cc1nc2c(O)cccc2s1. The highest BCUT2D eigenvalue weighted by Gasteiger charge is 2.10. The van der Waals surface area contributed by atoms with Crippen molar-refractivity contribution in [3.8, 4) is 5.75 Å². The Morgan fingerprint density at radius 2 is 2.40 bits per heavy atom. The zero-order valence-corrected chi connectivity index (χ0v) is 8.87. The van der Waals surface area contributed by atoms with E-state index in [0.29, 0.717) is 10.5 Å². The number of benzene rings is 1. The van der Waals surface area contributed by atoms with Gasteiger partial charge in [-0.15, -0.1) is 11.3 Å². The number of rotatable bonds is 2. The van der Waals surface area contributed by atoms with Crippen LogP contribution >= 0.6 is 11.3 Å². The van der Waals surface area contributed by atoms with Gasteiger partial charge in [0.2, 0.25) is 0 Å². The van der Waals surface area contributed by atoms with Crippen LogP contribution in [0.3, 0.4) is 0 Å². The number of methoxy groups -OCH3 is 1. The van der Waals surface area contributed by atoms with Crippen LogP contribution in [0.4, 0.5) is 0 Å². The first kappa shape index (κ1) is 9.92. The summed E-state index contributed by atoms with van der Waals surface area (Å²) in [6.45, 7) is 0. The summed E-state index contributed by atoms with van der Waals surface area (Å²) in [5, 5.41) is 10.2. The molecule has 0 spiro atoms. The normalized spacial score (nSPS) is 10.5. The third-order valence-corrected chi connectivity index (χ3v) is 2.99. The van der Waals surface area contributed by atoms with Crippen molar-refractivity contribution in [2.45, 2.75) is 6.42 Å². The maximum Gasteiger partial charge on any atom is 0.312 e. The van der Waals surface area contributed by atoms with E-state index < -0.39 is 0 Å². The van der Waals surface area contributed by atoms with Crippen LogP contribution in [0.25, 0.3) is 10.2 Å². The van der Waals surface area contributed by atoms with Crippen LogP contribution in [0, 0.1) is 0 Å². The lowest BCUT2D eigenvalue weighted by atomic mass is 10.3. The van der Waals surface area contributed by atoms with Gasteiger partial charge in [0, 0.05) is 0 Å². The highest BCUT2D eigenvalue weighted by atomic mass is 32.1. The second kappa shape index (κ2) is 3.86. The van der Waals surface area contributed by atoms with Crippen LogP contribution in [0.5, 0.6) is 5.75 Å². The highest BCUT2D eigenvalue weighted by Crippen LogP contribution is 2.28. The third-order valence-electron chi connectivity index (χ3n) is 1.97. The Labute approximate surface area is 90.1 Å². The second-order valence-corrected chi connectivity index (χ2v) is 4.10. The first-order chi connectivity index (χ1) is 7.20. The molecule has 0 amide bonds. The number of para-hydroxylation sites is 1. The number of ether oxygens (including phenoxy) is 1. The van der Waals surface area contributed by atoms with E-state index in [1.54, 1.807) is 12.1 Å². The number of fused-ring (bicyclic) bond motifs is 1. The molecule has 1 aromatic carbocycles. The summed E-state index contributed by atoms with van der Waals surface area (Å²) in [4.78, 5) is 15.2. The summed E-state index contributed by atoms with van der Waals surface area (Å²) >= 11 is 1.38. The van der Waals surface area contributed by atoms with Gasteiger partial charge in [-0.25, -0.2) is 4.98 Å². The Kier molecular flexibility index (Phi) is 2.55. The molecule has 0 bridgehead atoms. The zero-order chi connectivity index (χ0) is 10.8. The van der Waals surface area contributed by atoms with E-state index in [2.05, 4.69) is 9.72 Å². The van der Waals surface area contributed by atoms with Crippen LogP contribution in [0.2, 0.25) is 0 Å². The summed E-state index contributed by atoms with van der Waals surface area (Å²) in [6, 6.07) is 5.18. The number of aromatic hydroxyl groups is 1. The van der Waals surface area contributed by atoms with Crippen molar-refractivity contribution in [1.82, 2.24) is 4.98 Å². The first-order valence-electron chi connectivity index (χ1n) is 4.35. The minimum atomic E-state index is -0.325. The molecule has 4 nitrogen and oxygen atoms in total. The van der Waals surface area contributed by atoms with E-state index in [1.807, 2.05) is 6.07 Å². The summed E-state index contributed by atoms with van der Waals surface area (Å²) in [7, 11) is 1.34. The lowest BCUT2D eigenvalue weighted by molar-refractivity contribution is -0.139. The molecule has 2 rings (SSSR count). The van der Waals surface area contributed by atoms with E-state index in [-0.39, 0.29) is 18.1 Å². The Morgan fingerprint density at radius 1 is 1.60 bits per heavy atom. The van der Waals surface area contributed by atoms with Gasteiger partial charge in [0.25, 0.3) is 0 Å². The van der Waals surface area contributed by atoms with Crippen LogP contribution in [-0.2, 0) is 16.0 Å². The van der Waals surface area contributed by atoms with Gasteiger partial charge in [-0.05, 0) is 12.1 Å². The number of thiazole rings is 1. The molecule has 0 unspecified atom stereocenters. The summed E-state index contributed by atoms with van der Waals surface area (Å²) in [6.07, 6.45) is 0.148. The lowest BCUT2D eigenvalue weighted by Gasteiger charge is -1.93. The number of carbonyl (C=O) groups is 1. The van der Waals surface area contributed by atoms with Crippen molar-refractivity contribution in [2.75, 3.05) is 7.11 Å². The zero-order valence-electron chi connectivity index (χ0n) is 8.06. The number of phenols is 1. The van der Waals surface area contributed by atoms with Gasteiger partial charge in [0.15, 0.2) is 0 Å². The standard InChI is InChI=1S/C10H9NO3S/c1-14-9(13)5-8-11-10-6(12)3-2-4-7(10)15-8/h2-4,12H,5H2,1H3. The molecule has 5 heteroatoms. The number of carbonyl (C=O) groups excluding carboxylic acids is 1.